The van der Waals surface area contributed by atoms with Crippen LogP contribution < -0.4 is 5.56 Å². The molecule has 1 aromatic heterocycles. The lowest BCUT2D eigenvalue weighted by molar-refractivity contribution is 0.0708. The fraction of sp³-hybridized carbons (Fsp3) is 0.500. The molecule has 0 aromatic carbocycles. The monoisotopic (exact) mass is 318 g/mol. The first-order chi connectivity index (χ1) is 9.34. The Balaban J connectivity index is 2.25. The van der Waals surface area contributed by atoms with E-state index in [1.165, 1.54) is 17.2 Å². The Hall–Kier alpha value is -1.34. The van der Waals surface area contributed by atoms with Crippen molar-refractivity contribution in [1.82, 2.24) is 9.88 Å². The molecule has 0 aliphatic carbocycles. The molecule has 0 saturated carbocycles. The van der Waals surface area contributed by atoms with Gasteiger partial charge >= 0.3 is 0 Å². The van der Waals surface area contributed by atoms with E-state index in [1.807, 2.05) is 0 Å². The highest BCUT2D eigenvalue weighted by Crippen LogP contribution is 2.20. The number of nitrogens with one attached hydrogen (secondary N) is 1. The van der Waals surface area contributed by atoms with Crippen LogP contribution in [-0.4, -0.2) is 48.3 Å². The lowest BCUT2D eigenvalue weighted by Crippen LogP contribution is -2.41. The minimum Gasteiger partial charge on any atom is -0.335 e. The summed E-state index contributed by atoms with van der Waals surface area (Å²) in [5.74, 6) is -0.231. The summed E-state index contributed by atoms with van der Waals surface area (Å²) in [6, 6.07) is 0.984. The summed E-state index contributed by atoms with van der Waals surface area (Å²) in [5, 5.41) is -0.0639. The molecule has 0 radical (unpaired) electrons. The zero-order valence-electron chi connectivity index (χ0n) is 10.9. The van der Waals surface area contributed by atoms with Crippen molar-refractivity contribution in [2.45, 2.75) is 19.4 Å². The van der Waals surface area contributed by atoms with Gasteiger partial charge in [-0.3, -0.25) is 9.59 Å². The molecule has 110 valence electrons. The molecule has 1 N–H and O–H groups in total. The van der Waals surface area contributed by atoms with E-state index >= 15 is 0 Å². The normalized spacial score (nSPS) is 20.8. The van der Waals surface area contributed by atoms with Gasteiger partial charge in [-0.1, -0.05) is 11.6 Å². The summed E-state index contributed by atoms with van der Waals surface area (Å²) in [6.45, 7) is 2.19. The van der Waals surface area contributed by atoms with Crippen LogP contribution in [-0.2, 0) is 9.84 Å². The number of hydrogen-bond donors (Lipinski definition) is 1. The van der Waals surface area contributed by atoms with E-state index < -0.39 is 15.4 Å². The van der Waals surface area contributed by atoms with Gasteiger partial charge in [-0.15, -0.1) is 0 Å². The van der Waals surface area contributed by atoms with E-state index in [2.05, 4.69) is 4.98 Å². The summed E-state index contributed by atoms with van der Waals surface area (Å²) < 4.78 is 23.0. The molecular weight excluding hydrogens is 304 g/mol. The van der Waals surface area contributed by atoms with Crippen LogP contribution in [0, 0.1) is 0 Å². The first kappa shape index (κ1) is 15.1. The van der Waals surface area contributed by atoms with Gasteiger partial charge in [0.2, 0.25) is 0 Å². The average Bonchev–Trinajstić information content (AvgIpc) is 2.74. The van der Waals surface area contributed by atoms with Gasteiger partial charge in [-0.25, -0.2) is 8.42 Å². The predicted molar refractivity (Wildman–Crippen MR) is 75.8 cm³/mol. The van der Waals surface area contributed by atoms with E-state index in [4.69, 9.17) is 11.6 Å². The van der Waals surface area contributed by atoms with Crippen molar-refractivity contribution in [3.05, 3.63) is 33.2 Å². The van der Waals surface area contributed by atoms with E-state index in [-0.39, 0.29) is 34.0 Å². The maximum atomic E-state index is 12.4. The average molecular weight is 319 g/mol. The number of H-pyrrole nitrogens is 1. The third kappa shape index (κ3) is 3.04. The van der Waals surface area contributed by atoms with Crippen LogP contribution in [0.4, 0.5) is 0 Å². The molecule has 1 amide bonds. The highest BCUT2D eigenvalue weighted by atomic mass is 35.5. The molecule has 20 heavy (non-hydrogen) atoms. The van der Waals surface area contributed by atoms with Crippen LogP contribution >= 0.6 is 11.6 Å². The topological polar surface area (TPSA) is 87.3 Å². The molecule has 1 aromatic rings. The SMILES string of the molecule is CCN(C(=O)c1c[nH]c(=O)c(Cl)c1)C1CCS(=O)(=O)C1. The molecule has 1 saturated heterocycles. The molecule has 1 aliphatic rings. The molecule has 1 unspecified atom stereocenters. The smallest absolute Gasteiger partial charge is 0.266 e. The van der Waals surface area contributed by atoms with E-state index in [0.717, 1.165) is 0 Å². The lowest BCUT2D eigenvalue weighted by atomic mass is 10.1. The van der Waals surface area contributed by atoms with Crippen LogP contribution in [0.15, 0.2) is 17.1 Å². The van der Waals surface area contributed by atoms with Gasteiger partial charge in [-0.05, 0) is 19.4 Å². The first-order valence-corrected chi connectivity index (χ1v) is 8.43. The van der Waals surface area contributed by atoms with Crippen LogP contribution in [0.1, 0.15) is 23.7 Å². The quantitative estimate of drug-likeness (QED) is 0.887. The van der Waals surface area contributed by atoms with Gasteiger partial charge < -0.3 is 9.88 Å². The molecule has 8 heteroatoms. The van der Waals surface area contributed by atoms with Crippen molar-refractivity contribution in [1.29, 1.82) is 0 Å². The first-order valence-electron chi connectivity index (χ1n) is 6.23. The maximum absolute atomic E-state index is 12.4. The molecule has 0 spiro atoms. The largest absolute Gasteiger partial charge is 0.335 e. The Morgan fingerprint density at radius 3 is 2.75 bits per heavy atom. The summed E-state index contributed by atoms with van der Waals surface area (Å²) >= 11 is 5.70. The van der Waals surface area contributed by atoms with E-state index in [0.29, 0.717) is 13.0 Å². The number of carbonyl (C=O) groups is 1. The minimum absolute atomic E-state index is 0.0103. The molecule has 1 aliphatic heterocycles. The molecule has 2 heterocycles. The van der Waals surface area contributed by atoms with Crippen molar-refractivity contribution in [3.63, 3.8) is 0 Å². The van der Waals surface area contributed by atoms with Crippen molar-refractivity contribution in [2.24, 2.45) is 0 Å². The Morgan fingerprint density at radius 2 is 2.25 bits per heavy atom. The number of carbonyl (C=O) groups excluding carboxylic acids is 1. The van der Waals surface area contributed by atoms with Crippen LogP contribution in [0.2, 0.25) is 5.02 Å². The molecule has 6 nitrogen and oxygen atoms in total. The third-order valence-corrected chi connectivity index (χ3v) is 5.39. The van der Waals surface area contributed by atoms with E-state index in [1.54, 1.807) is 6.92 Å². The zero-order valence-corrected chi connectivity index (χ0v) is 12.5. The van der Waals surface area contributed by atoms with Crippen molar-refractivity contribution < 1.29 is 13.2 Å². The number of amides is 1. The minimum atomic E-state index is -3.06. The molecule has 0 bridgehead atoms. The fourth-order valence-corrected chi connectivity index (χ4v) is 4.24. The highest BCUT2D eigenvalue weighted by molar-refractivity contribution is 7.91. The number of hydrogen-bond acceptors (Lipinski definition) is 4. The summed E-state index contributed by atoms with van der Waals surface area (Å²) in [7, 11) is -3.06. The Bertz CT molecular complexity index is 683. The Labute approximate surface area is 121 Å². The van der Waals surface area contributed by atoms with E-state index in [9.17, 15) is 18.0 Å². The fourth-order valence-electron chi connectivity index (χ4n) is 2.33. The second-order valence-electron chi connectivity index (χ2n) is 4.71. The molecule has 2 rings (SSSR count). The van der Waals surface area contributed by atoms with Crippen LogP contribution in [0.5, 0.6) is 0 Å². The van der Waals surface area contributed by atoms with Crippen molar-refractivity contribution in [2.75, 3.05) is 18.1 Å². The van der Waals surface area contributed by atoms with Crippen molar-refractivity contribution >= 4 is 27.3 Å². The van der Waals surface area contributed by atoms with Gasteiger partial charge in [0.05, 0.1) is 17.1 Å². The summed E-state index contributed by atoms with van der Waals surface area (Å²) in [5.41, 5.74) is -0.213. The second-order valence-corrected chi connectivity index (χ2v) is 7.35. The van der Waals surface area contributed by atoms with Gasteiger partial charge in [0.1, 0.15) is 5.02 Å². The second kappa shape index (κ2) is 5.57. The van der Waals surface area contributed by atoms with Gasteiger partial charge in [0.15, 0.2) is 9.84 Å². The number of aromatic amines is 1. The standard InChI is InChI=1S/C12H15ClN2O4S/c1-2-15(9-3-4-20(18,19)7-9)12(17)8-5-10(13)11(16)14-6-8/h5-6,9H,2-4,7H2,1H3,(H,14,16). The summed E-state index contributed by atoms with van der Waals surface area (Å²) in [6.07, 6.45) is 1.74. The zero-order chi connectivity index (χ0) is 14.9. The number of sulfone groups is 1. The van der Waals surface area contributed by atoms with Crippen molar-refractivity contribution in [3.8, 4) is 0 Å². The van der Waals surface area contributed by atoms with Gasteiger partial charge in [-0.2, -0.15) is 0 Å². The number of pyridine rings is 1. The Morgan fingerprint density at radius 1 is 1.55 bits per heavy atom. The number of halogens is 1. The third-order valence-electron chi connectivity index (χ3n) is 3.36. The van der Waals surface area contributed by atoms with Gasteiger partial charge in [0, 0.05) is 18.8 Å². The molecule has 1 atom stereocenters. The summed E-state index contributed by atoms with van der Waals surface area (Å²) in [4.78, 5) is 27.5. The number of aromatic nitrogens is 1. The Kier molecular flexibility index (Phi) is 4.19. The highest BCUT2D eigenvalue weighted by Gasteiger charge is 2.34. The van der Waals surface area contributed by atoms with Crippen LogP contribution in [0.3, 0.4) is 0 Å². The van der Waals surface area contributed by atoms with Crippen LogP contribution in [0.25, 0.3) is 0 Å². The molecule has 1 fully saturated rings. The lowest BCUT2D eigenvalue weighted by Gasteiger charge is -2.26. The maximum Gasteiger partial charge on any atom is 0.266 e. The predicted octanol–water partition coefficient (Wildman–Crippen LogP) is 0.677. The van der Waals surface area contributed by atoms with Gasteiger partial charge in [0.25, 0.3) is 11.5 Å². The molecular formula is C12H15ClN2O4S. The number of nitrogens with zero attached hydrogens (tertiary/aromatic N) is 1. The number of rotatable bonds is 3.